The molecule has 0 radical (unpaired) electrons. The average Bonchev–Trinajstić information content (AvgIpc) is 2.98. The predicted octanol–water partition coefficient (Wildman–Crippen LogP) is 4.12. The third-order valence-electron chi connectivity index (χ3n) is 2.74. The van der Waals surface area contributed by atoms with Crippen LogP contribution in [0.1, 0.15) is 5.56 Å². The molecule has 1 aromatic carbocycles. The van der Waals surface area contributed by atoms with E-state index < -0.39 is 0 Å². The molecule has 0 aliphatic rings. The molecule has 0 unspecified atom stereocenters. The summed E-state index contributed by atoms with van der Waals surface area (Å²) < 4.78 is 6.36. The van der Waals surface area contributed by atoms with E-state index in [0.29, 0.717) is 17.4 Å². The molecule has 0 spiro atoms. The standard InChI is InChI=1S/C13H10BrN3OS/c1-7-3-2-4-8(15)11(7)13-16-12(17-18-13)9-5-6-10(14)19-9/h2-6H,15H2,1H3. The van der Waals surface area contributed by atoms with Gasteiger partial charge in [0.25, 0.3) is 5.89 Å². The van der Waals surface area contributed by atoms with E-state index in [9.17, 15) is 0 Å². The summed E-state index contributed by atoms with van der Waals surface area (Å²) in [5.41, 5.74) is 8.43. The minimum atomic E-state index is 0.454. The highest BCUT2D eigenvalue weighted by Crippen LogP contribution is 2.33. The molecule has 0 fully saturated rings. The molecule has 3 rings (SSSR count). The number of aromatic nitrogens is 2. The van der Waals surface area contributed by atoms with Crippen LogP contribution in [-0.4, -0.2) is 10.1 Å². The zero-order valence-electron chi connectivity index (χ0n) is 10.1. The van der Waals surface area contributed by atoms with Crippen molar-refractivity contribution in [2.45, 2.75) is 6.92 Å². The van der Waals surface area contributed by atoms with Gasteiger partial charge in [-0.3, -0.25) is 0 Å². The lowest BCUT2D eigenvalue weighted by molar-refractivity contribution is 0.432. The summed E-state index contributed by atoms with van der Waals surface area (Å²) in [4.78, 5) is 5.37. The van der Waals surface area contributed by atoms with Crippen LogP contribution in [0.2, 0.25) is 0 Å². The number of nitrogens with zero attached hydrogens (tertiary/aromatic N) is 2. The molecule has 96 valence electrons. The molecule has 0 bridgehead atoms. The van der Waals surface area contributed by atoms with Crippen molar-refractivity contribution >= 4 is 33.0 Å². The van der Waals surface area contributed by atoms with Gasteiger partial charge in [-0.15, -0.1) is 11.3 Å². The van der Waals surface area contributed by atoms with Crippen molar-refractivity contribution in [3.05, 3.63) is 39.7 Å². The first-order valence-corrected chi connectivity index (χ1v) is 7.21. The van der Waals surface area contributed by atoms with E-state index in [1.54, 1.807) is 11.3 Å². The second-order valence-electron chi connectivity index (χ2n) is 4.07. The van der Waals surface area contributed by atoms with Crippen LogP contribution in [-0.2, 0) is 0 Å². The summed E-state index contributed by atoms with van der Waals surface area (Å²) in [7, 11) is 0. The van der Waals surface area contributed by atoms with Crippen molar-refractivity contribution in [3.63, 3.8) is 0 Å². The summed E-state index contributed by atoms with van der Waals surface area (Å²) in [6, 6.07) is 9.61. The molecule has 4 nitrogen and oxygen atoms in total. The summed E-state index contributed by atoms with van der Waals surface area (Å²) in [5, 5.41) is 4.01. The molecule has 19 heavy (non-hydrogen) atoms. The molecule has 0 aliphatic heterocycles. The molecule has 0 aliphatic carbocycles. The number of hydrogen-bond donors (Lipinski definition) is 1. The largest absolute Gasteiger partial charge is 0.398 e. The zero-order valence-corrected chi connectivity index (χ0v) is 12.5. The topological polar surface area (TPSA) is 64.9 Å². The maximum absolute atomic E-state index is 5.97. The van der Waals surface area contributed by atoms with E-state index in [-0.39, 0.29) is 0 Å². The maximum atomic E-state index is 5.97. The average molecular weight is 336 g/mol. The third-order valence-corrected chi connectivity index (χ3v) is 4.36. The highest BCUT2D eigenvalue weighted by atomic mass is 79.9. The number of hydrogen-bond acceptors (Lipinski definition) is 5. The number of nitrogens with two attached hydrogens (primary N) is 1. The first-order chi connectivity index (χ1) is 9.15. The van der Waals surface area contributed by atoms with Crippen molar-refractivity contribution in [2.24, 2.45) is 0 Å². The number of anilines is 1. The minimum Gasteiger partial charge on any atom is -0.398 e. The first-order valence-electron chi connectivity index (χ1n) is 5.60. The number of halogens is 1. The van der Waals surface area contributed by atoms with E-state index in [4.69, 9.17) is 10.3 Å². The lowest BCUT2D eigenvalue weighted by Gasteiger charge is -2.03. The quantitative estimate of drug-likeness (QED) is 0.715. The molecule has 2 aromatic heterocycles. The Labute approximate surface area is 122 Å². The van der Waals surface area contributed by atoms with Crippen LogP contribution in [0.25, 0.3) is 22.2 Å². The Morgan fingerprint density at radius 1 is 1.26 bits per heavy atom. The Balaban J connectivity index is 2.06. The summed E-state index contributed by atoms with van der Waals surface area (Å²) >= 11 is 4.97. The second kappa shape index (κ2) is 4.79. The molecular weight excluding hydrogens is 326 g/mol. The van der Waals surface area contributed by atoms with Crippen molar-refractivity contribution < 1.29 is 4.52 Å². The lowest BCUT2D eigenvalue weighted by atomic mass is 10.1. The van der Waals surface area contributed by atoms with Crippen LogP contribution in [0, 0.1) is 6.92 Å². The van der Waals surface area contributed by atoms with Gasteiger partial charge in [0.15, 0.2) is 0 Å². The van der Waals surface area contributed by atoms with Gasteiger partial charge in [-0.2, -0.15) is 4.98 Å². The highest BCUT2D eigenvalue weighted by molar-refractivity contribution is 9.11. The van der Waals surface area contributed by atoms with Gasteiger partial charge >= 0.3 is 0 Å². The van der Waals surface area contributed by atoms with Crippen molar-refractivity contribution in [1.29, 1.82) is 0 Å². The first kappa shape index (κ1) is 12.4. The fourth-order valence-corrected chi connectivity index (χ4v) is 3.15. The Morgan fingerprint density at radius 2 is 2.11 bits per heavy atom. The molecule has 2 N–H and O–H groups in total. The van der Waals surface area contributed by atoms with Gasteiger partial charge in [-0.1, -0.05) is 17.3 Å². The SMILES string of the molecule is Cc1cccc(N)c1-c1nc(-c2ccc(Br)s2)no1. The Bertz CT molecular complexity index is 715. The molecule has 6 heteroatoms. The fraction of sp³-hybridized carbons (Fsp3) is 0.0769. The Morgan fingerprint density at radius 3 is 2.79 bits per heavy atom. The van der Waals surface area contributed by atoms with E-state index in [1.807, 2.05) is 37.3 Å². The fourth-order valence-electron chi connectivity index (χ4n) is 1.84. The minimum absolute atomic E-state index is 0.454. The van der Waals surface area contributed by atoms with Crippen LogP contribution in [0.5, 0.6) is 0 Å². The smallest absolute Gasteiger partial charge is 0.260 e. The van der Waals surface area contributed by atoms with Crippen LogP contribution >= 0.6 is 27.3 Å². The van der Waals surface area contributed by atoms with Gasteiger partial charge in [0.05, 0.1) is 14.2 Å². The zero-order chi connectivity index (χ0) is 13.4. The molecule has 3 aromatic rings. The number of benzene rings is 1. The van der Waals surface area contributed by atoms with Gasteiger partial charge in [0.1, 0.15) is 0 Å². The van der Waals surface area contributed by atoms with E-state index in [2.05, 4.69) is 26.1 Å². The number of aryl methyl sites for hydroxylation is 1. The number of rotatable bonds is 2. The van der Waals surface area contributed by atoms with E-state index in [0.717, 1.165) is 19.8 Å². The normalized spacial score (nSPS) is 10.8. The molecule has 0 amide bonds. The van der Waals surface area contributed by atoms with Crippen LogP contribution < -0.4 is 5.73 Å². The molecule has 0 saturated carbocycles. The van der Waals surface area contributed by atoms with Gasteiger partial charge < -0.3 is 10.3 Å². The van der Waals surface area contributed by atoms with Gasteiger partial charge in [0.2, 0.25) is 5.82 Å². The van der Waals surface area contributed by atoms with Gasteiger partial charge in [-0.05, 0) is 46.6 Å². The van der Waals surface area contributed by atoms with Crippen LogP contribution in [0.3, 0.4) is 0 Å². The molecular formula is C13H10BrN3OS. The second-order valence-corrected chi connectivity index (χ2v) is 6.53. The van der Waals surface area contributed by atoms with Crippen molar-refractivity contribution in [1.82, 2.24) is 10.1 Å². The highest BCUT2D eigenvalue weighted by Gasteiger charge is 2.15. The summed E-state index contributed by atoms with van der Waals surface area (Å²) in [5.74, 6) is 1.03. The maximum Gasteiger partial charge on any atom is 0.260 e. The summed E-state index contributed by atoms with van der Waals surface area (Å²) in [6.45, 7) is 1.97. The van der Waals surface area contributed by atoms with Gasteiger partial charge in [0, 0.05) is 5.69 Å². The number of thiophene rings is 1. The summed E-state index contributed by atoms with van der Waals surface area (Å²) in [6.07, 6.45) is 0. The molecule has 2 heterocycles. The van der Waals surface area contributed by atoms with Gasteiger partial charge in [-0.25, -0.2) is 0 Å². The van der Waals surface area contributed by atoms with Crippen LogP contribution in [0.15, 0.2) is 38.6 Å². The van der Waals surface area contributed by atoms with E-state index in [1.165, 1.54) is 0 Å². The predicted molar refractivity (Wildman–Crippen MR) is 79.9 cm³/mol. The van der Waals surface area contributed by atoms with Crippen molar-refractivity contribution in [2.75, 3.05) is 5.73 Å². The number of nitrogen functional groups attached to an aromatic ring is 1. The monoisotopic (exact) mass is 335 g/mol. The van der Waals surface area contributed by atoms with Crippen molar-refractivity contribution in [3.8, 4) is 22.2 Å². The Hall–Kier alpha value is -1.66. The molecule has 0 atom stereocenters. The third kappa shape index (κ3) is 2.29. The van der Waals surface area contributed by atoms with E-state index >= 15 is 0 Å². The van der Waals surface area contributed by atoms with Crippen LogP contribution in [0.4, 0.5) is 5.69 Å². The Kier molecular flexibility index (Phi) is 3.12. The lowest BCUT2D eigenvalue weighted by Crippen LogP contribution is -1.92. The molecule has 0 saturated heterocycles.